The number of aryl methyl sites for hydroxylation is 1. The molecule has 110 valence electrons. The van der Waals surface area contributed by atoms with Crippen molar-refractivity contribution < 1.29 is 18.7 Å². The second kappa shape index (κ2) is 6.74. The molecule has 0 spiro atoms. The van der Waals surface area contributed by atoms with Gasteiger partial charge in [0.25, 0.3) is 5.91 Å². The van der Waals surface area contributed by atoms with Crippen molar-refractivity contribution in [1.82, 2.24) is 4.90 Å². The molecular formula is C16H17NO4. The monoisotopic (exact) mass is 287 g/mol. The molecule has 2 aromatic rings. The number of carbonyl (C=O) groups excluding carboxylic acids is 2. The zero-order valence-electron chi connectivity index (χ0n) is 12.0. The highest BCUT2D eigenvalue weighted by Gasteiger charge is 2.22. The lowest BCUT2D eigenvalue weighted by molar-refractivity contribution is -0.141. The van der Waals surface area contributed by atoms with Crippen LogP contribution in [-0.4, -0.2) is 30.4 Å². The molecule has 0 saturated carbocycles. The summed E-state index contributed by atoms with van der Waals surface area (Å²) >= 11 is 0. The first-order valence-electron chi connectivity index (χ1n) is 6.56. The minimum Gasteiger partial charge on any atom is -0.468 e. The Morgan fingerprint density at radius 3 is 2.57 bits per heavy atom. The van der Waals surface area contributed by atoms with Gasteiger partial charge in [-0.15, -0.1) is 0 Å². The first kappa shape index (κ1) is 14.8. The van der Waals surface area contributed by atoms with Crippen molar-refractivity contribution in [3.8, 4) is 0 Å². The molecular weight excluding hydrogens is 270 g/mol. The van der Waals surface area contributed by atoms with Gasteiger partial charge in [0.2, 0.25) is 0 Å². The molecule has 1 aromatic heterocycles. The van der Waals surface area contributed by atoms with Gasteiger partial charge >= 0.3 is 5.97 Å². The van der Waals surface area contributed by atoms with E-state index in [4.69, 9.17) is 4.42 Å². The van der Waals surface area contributed by atoms with Gasteiger partial charge in [0, 0.05) is 6.54 Å². The van der Waals surface area contributed by atoms with Gasteiger partial charge in [-0.2, -0.15) is 0 Å². The summed E-state index contributed by atoms with van der Waals surface area (Å²) in [5.74, 6) is -0.607. The van der Waals surface area contributed by atoms with Crippen molar-refractivity contribution in [2.24, 2.45) is 0 Å². The summed E-state index contributed by atoms with van der Waals surface area (Å²) in [6.07, 6.45) is 1.43. The van der Waals surface area contributed by atoms with Crippen LogP contribution in [0.3, 0.4) is 0 Å². The lowest BCUT2D eigenvalue weighted by Crippen LogP contribution is -2.35. The van der Waals surface area contributed by atoms with Gasteiger partial charge in [0.15, 0.2) is 5.76 Å². The molecule has 2 rings (SSSR count). The summed E-state index contributed by atoms with van der Waals surface area (Å²) in [4.78, 5) is 25.3. The van der Waals surface area contributed by atoms with Gasteiger partial charge in [0.05, 0.1) is 13.4 Å². The maximum absolute atomic E-state index is 12.4. The van der Waals surface area contributed by atoms with Crippen LogP contribution in [0.15, 0.2) is 47.1 Å². The van der Waals surface area contributed by atoms with Crippen molar-refractivity contribution in [1.29, 1.82) is 0 Å². The Bertz CT molecular complexity index is 619. The van der Waals surface area contributed by atoms with Crippen LogP contribution < -0.4 is 0 Å². The average molecular weight is 287 g/mol. The third-order valence-electron chi connectivity index (χ3n) is 3.19. The molecule has 0 saturated heterocycles. The van der Waals surface area contributed by atoms with Crippen molar-refractivity contribution in [2.45, 2.75) is 13.5 Å². The number of furan rings is 1. The van der Waals surface area contributed by atoms with E-state index in [0.717, 1.165) is 11.1 Å². The van der Waals surface area contributed by atoms with E-state index in [1.165, 1.54) is 18.3 Å². The fourth-order valence-corrected chi connectivity index (χ4v) is 1.97. The van der Waals surface area contributed by atoms with Gasteiger partial charge in [0.1, 0.15) is 6.54 Å². The van der Waals surface area contributed by atoms with Crippen molar-refractivity contribution in [3.05, 3.63) is 59.5 Å². The summed E-state index contributed by atoms with van der Waals surface area (Å²) in [6.45, 7) is 2.16. The Labute approximate surface area is 123 Å². The molecule has 0 aliphatic heterocycles. The zero-order chi connectivity index (χ0) is 15.2. The number of benzene rings is 1. The van der Waals surface area contributed by atoms with E-state index in [9.17, 15) is 9.59 Å². The zero-order valence-corrected chi connectivity index (χ0v) is 12.0. The fraction of sp³-hybridized carbons (Fsp3) is 0.250. The molecule has 1 aromatic carbocycles. The van der Waals surface area contributed by atoms with Crippen LogP contribution in [0.4, 0.5) is 0 Å². The van der Waals surface area contributed by atoms with E-state index >= 15 is 0 Å². The van der Waals surface area contributed by atoms with E-state index in [0.29, 0.717) is 6.54 Å². The molecule has 0 bridgehead atoms. The Balaban J connectivity index is 2.22. The molecule has 5 nitrogen and oxygen atoms in total. The van der Waals surface area contributed by atoms with Crippen LogP contribution in [0.5, 0.6) is 0 Å². The minimum absolute atomic E-state index is 0.121. The predicted octanol–water partition coefficient (Wildman–Crippen LogP) is 2.40. The van der Waals surface area contributed by atoms with Crippen LogP contribution in [0, 0.1) is 6.92 Å². The number of nitrogens with zero attached hydrogens (tertiary/aromatic N) is 1. The number of ether oxygens (including phenoxy) is 1. The second-order valence-electron chi connectivity index (χ2n) is 4.64. The molecule has 1 heterocycles. The van der Waals surface area contributed by atoms with E-state index in [-0.39, 0.29) is 18.2 Å². The first-order valence-corrected chi connectivity index (χ1v) is 6.56. The summed E-state index contributed by atoms with van der Waals surface area (Å²) in [5.41, 5.74) is 2.03. The molecule has 0 N–H and O–H groups in total. The van der Waals surface area contributed by atoms with Crippen LogP contribution in [0.25, 0.3) is 0 Å². The summed E-state index contributed by atoms with van der Waals surface area (Å²) in [5, 5.41) is 0. The molecule has 0 radical (unpaired) electrons. The van der Waals surface area contributed by atoms with Gasteiger partial charge in [-0.1, -0.05) is 24.3 Å². The van der Waals surface area contributed by atoms with Crippen LogP contribution >= 0.6 is 0 Å². The van der Waals surface area contributed by atoms with Gasteiger partial charge < -0.3 is 14.1 Å². The van der Waals surface area contributed by atoms with E-state index < -0.39 is 5.97 Å². The smallest absolute Gasteiger partial charge is 0.325 e. The van der Waals surface area contributed by atoms with E-state index in [2.05, 4.69) is 4.74 Å². The lowest BCUT2D eigenvalue weighted by atomic mass is 10.1. The largest absolute Gasteiger partial charge is 0.468 e. The van der Waals surface area contributed by atoms with Crippen molar-refractivity contribution in [3.63, 3.8) is 0 Å². The maximum Gasteiger partial charge on any atom is 0.325 e. The number of amides is 1. The molecule has 5 heteroatoms. The third kappa shape index (κ3) is 3.72. The highest BCUT2D eigenvalue weighted by molar-refractivity contribution is 5.93. The number of esters is 1. The van der Waals surface area contributed by atoms with Crippen LogP contribution in [-0.2, 0) is 16.1 Å². The van der Waals surface area contributed by atoms with Gasteiger partial charge in [-0.3, -0.25) is 9.59 Å². The fourth-order valence-electron chi connectivity index (χ4n) is 1.97. The van der Waals surface area contributed by atoms with Gasteiger partial charge in [-0.25, -0.2) is 0 Å². The van der Waals surface area contributed by atoms with Crippen LogP contribution in [0.2, 0.25) is 0 Å². The lowest BCUT2D eigenvalue weighted by Gasteiger charge is -2.21. The van der Waals surface area contributed by atoms with E-state index in [1.54, 1.807) is 12.1 Å². The average Bonchev–Trinajstić information content (AvgIpc) is 3.02. The third-order valence-corrected chi connectivity index (χ3v) is 3.19. The topological polar surface area (TPSA) is 59.8 Å². The molecule has 0 fully saturated rings. The number of hydrogen-bond donors (Lipinski definition) is 0. The van der Waals surface area contributed by atoms with Gasteiger partial charge in [-0.05, 0) is 30.2 Å². The Morgan fingerprint density at radius 2 is 1.95 bits per heavy atom. The molecule has 0 atom stereocenters. The highest BCUT2D eigenvalue weighted by atomic mass is 16.5. The summed E-state index contributed by atoms with van der Waals surface area (Å²) < 4.78 is 9.77. The highest BCUT2D eigenvalue weighted by Crippen LogP contribution is 2.14. The molecule has 1 amide bonds. The Morgan fingerprint density at radius 1 is 1.19 bits per heavy atom. The summed E-state index contributed by atoms with van der Waals surface area (Å²) in [7, 11) is 1.30. The molecule has 0 aliphatic rings. The minimum atomic E-state index is -0.469. The molecule has 0 unspecified atom stereocenters. The quantitative estimate of drug-likeness (QED) is 0.792. The first-order chi connectivity index (χ1) is 10.1. The Hall–Kier alpha value is -2.56. The number of methoxy groups -OCH3 is 1. The van der Waals surface area contributed by atoms with E-state index in [1.807, 2.05) is 31.2 Å². The number of hydrogen-bond acceptors (Lipinski definition) is 4. The maximum atomic E-state index is 12.4. The summed E-state index contributed by atoms with van der Waals surface area (Å²) in [6, 6.07) is 10.9. The second-order valence-corrected chi connectivity index (χ2v) is 4.64. The molecule has 0 aliphatic carbocycles. The predicted molar refractivity (Wildman–Crippen MR) is 76.6 cm³/mol. The van der Waals surface area contributed by atoms with Crippen molar-refractivity contribution >= 4 is 11.9 Å². The van der Waals surface area contributed by atoms with Crippen LogP contribution in [0.1, 0.15) is 21.7 Å². The number of carbonyl (C=O) groups is 2. The standard InChI is InChI=1S/C16H17NO4/c1-12-6-3-4-7-13(12)10-17(11-15(18)20-2)16(19)14-8-5-9-21-14/h3-9H,10-11H2,1-2H3. The SMILES string of the molecule is COC(=O)CN(Cc1ccccc1C)C(=O)c1ccco1. The Kier molecular flexibility index (Phi) is 4.77. The molecule has 21 heavy (non-hydrogen) atoms. The van der Waals surface area contributed by atoms with Crippen molar-refractivity contribution in [2.75, 3.05) is 13.7 Å². The number of rotatable bonds is 5. The normalized spacial score (nSPS) is 10.2.